The number of fused-ring (bicyclic) bond motifs is 1. The summed E-state index contributed by atoms with van der Waals surface area (Å²) in [5, 5.41) is 6.20. The molecule has 3 heterocycles. The van der Waals surface area contributed by atoms with Gasteiger partial charge in [0.25, 0.3) is 5.91 Å². The number of nitrogens with one attached hydrogen (secondary N) is 1. The van der Waals surface area contributed by atoms with E-state index >= 15 is 0 Å². The first kappa shape index (κ1) is 25.0. The predicted molar refractivity (Wildman–Crippen MR) is 132 cm³/mol. The third-order valence-electron chi connectivity index (χ3n) is 7.07. The summed E-state index contributed by atoms with van der Waals surface area (Å²) in [7, 11) is 1.67. The molecule has 0 spiro atoms. The van der Waals surface area contributed by atoms with Gasteiger partial charge in [-0.05, 0) is 49.6 Å². The van der Waals surface area contributed by atoms with E-state index in [4.69, 9.17) is 0 Å². The number of aromatic nitrogens is 2. The first-order chi connectivity index (χ1) is 17.7. The zero-order valence-electron chi connectivity index (χ0n) is 20.7. The van der Waals surface area contributed by atoms with Gasteiger partial charge in [-0.1, -0.05) is 19.9 Å². The molecule has 0 fully saturated rings. The van der Waals surface area contributed by atoms with Gasteiger partial charge in [0.2, 0.25) is 0 Å². The maximum atomic E-state index is 14.1. The lowest BCUT2D eigenvalue weighted by Crippen LogP contribution is -2.47. The lowest BCUT2D eigenvalue weighted by Gasteiger charge is -2.41. The average molecular weight is 514 g/mol. The van der Waals surface area contributed by atoms with Crippen LogP contribution in [0, 0.1) is 17.5 Å². The normalized spacial score (nSPS) is 19.3. The van der Waals surface area contributed by atoms with E-state index in [2.05, 4.69) is 10.5 Å². The van der Waals surface area contributed by atoms with Crippen molar-refractivity contribution in [1.29, 1.82) is 0 Å². The summed E-state index contributed by atoms with van der Waals surface area (Å²) < 4.78 is 56.9. The van der Waals surface area contributed by atoms with Crippen molar-refractivity contribution >= 4 is 11.6 Å². The SMILES string of the molecule is CCC1Cc2c(nn(C)c2-c2cc(F)c(F)c(F)c2)C(CC)N1C(=O)c1cccc(N2C=C(F)CN2)c1. The molecule has 2 aliphatic heterocycles. The summed E-state index contributed by atoms with van der Waals surface area (Å²) in [6.45, 7) is 4.03. The molecule has 0 saturated heterocycles. The second kappa shape index (κ2) is 9.66. The minimum atomic E-state index is -1.51. The number of carbonyl (C=O) groups excluding carboxylic acids is 1. The summed E-state index contributed by atoms with van der Waals surface area (Å²) in [4.78, 5) is 15.7. The van der Waals surface area contributed by atoms with Gasteiger partial charge in [-0.25, -0.2) is 23.0 Å². The number of nitrogens with zero attached hydrogens (tertiary/aromatic N) is 4. The second-order valence-corrected chi connectivity index (χ2v) is 9.32. The fourth-order valence-electron chi connectivity index (χ4n) is 5.37. The van der Waals surface area contributed by atoms with E-state index in [1.54, 1.807) is 41.0 Å². The smallest absolute Gasteiger partial charge is 0.254 e. The van der Waals surface area contributed by atoms with Gasteiger partial charge in [0.15, 0.2) is 17.5 Å². The second-order valence-electron chi connectivity index (χ2n) is 9.32. The number of benzene rings is 2. The van der Waals surface area contributed by atoms with Crippen LogP contribution < -0.4 is 10.4 Å². The molecule has 2 aliphatic rings. The number of amides is 1. The van der Waals surface area contributed by atoms with Gasteiger partial charge in [-0.2, -0.15) is 5.10 Å². The van der Waals surface area contributed by atoms with E-state index in [0.29, 0.717) is 41.9 Å². The van der Waals surface area contributed by atoms with E-state index in [1.165, 1.54) is 6.20 Å². The van der Waals surface area contributed by atoms with Crippen LogP contribution in [0.5, 0.6) is 0 Å². The van der Waals surface area contributed by atoms with Crippen LogP contribution in [0.3, 0.4) is 0 Å². The molecule has 1 aromatic heterocycles. The van der Waals surface area contributed by atoms with Gasteiger partial charge in [0.1, 0.15) is 5.83 Å². The summed E-state index contributed by atoms with van der Waals surface area (Å²) >= 11 is 0. The molecule has 0 saturated carbocycles. The zero-order chi connectivity index (χ0) is 26.4. The molecule has 0 radical (unpaired) electrons. The van der Waals surface area contributed by atoms with Crippen molar-refractivity contribution in [1.82, 2.24) is 20.1 Å². The number of anilines is 1. The lowest BCUT2D eigenvalue weighted by molar-refractivity contribution is 0.0513. The first-order valence-corrected chi connectivity index (χ1v) is 12.3. The summed E-state index contributed by atoms with van der Waals surface area (Å²) in [6, 6.07) is 8.36. The number of rotatable bonds is 5. The van der Waals surface area contributed by atoms with E-state index in [0.717, 1.165) is 17.7 Å². The van der Waals surface area contributed by atoms with Gasteiger partial charge < -0.3 is 4.90 Å². The van der Waals surface area contributed by atoms with E-state index in [1.807, 2.05) is 18.7 Å². The summed E-state index contributed by atoms with van der Waals surface area (Å²) in [5.74, 6) is -4.53. The van der Waals surface area contributed by atoms with Crippen LogP contribution in [-0.2, 0) is 13.5 Å². The monoisotopic (exact) mass is 513 g/mol. The van der Waals surface area contributed by atoms with Gasteiger partial charge >= 0.3 is 0 Å². The topological polar surface area (TPSA) is 53.4 Å². The Hall–Kier alpha value is -3.66. The standard InChI is InChI=1S/C27H27F4N5O/c1-4-18-12-20-25(33-34(3)26(20)16-10-21(29)24(31)22(30)11-16)23(5-2)36(18)27(37)15-7-6-8-19(9-15)35-14-17(28)13-32-35/h6-11,14,18,23,32H,4-5,12-13H2,1-3H3. The Morgan fingerprint density at radius 3 is 2.43 bits per heavy atom. The van der Waals surface area contributed by atoms with Gasteiger partial charge in [-0.3, -0.25) is 14.5 Å². The molecule has 1 amide bonds. The quantitative estimate of drug-likeness (QED) is 0.358. The highest BCUT2D eigenvalue weighted by Gasteiger charge is 2.40. The number of hydrogen-bond acceptors (Lipinski definition) is 4. The van der Waals surface area contributed by atoms with Crippen molar-refractivity contribution in [3.8, 4) is 11.3 Å². The van der Waals surface area contributed by atoms with Crippen LogP contribution >= 0.6 is 0 Å². The number of hydrogen-bond donors (Lipinski definition) is 1. The van der Waals surface area contributed by atoms with Crippen molar-refractivity contribution in [3.05, 3.63) is 82.7 Å². The predicted octanol–water partition coefficient (Wildman–Crippen LogP) is 5.57. The maximum Gasteiger partial charge on any atom is 0.254 e. The van der Waals surface area contributed by atoms with Crippen LogP contribution in [0.2, 0.25) is 0 Å². The minimum Gasteiger partial charge on any atom is -0.327 e. The van der Waals surface area contributed by atoms with Gasteiger partial charge in [-0.15, -0.1) is 0 Å². The van der Waals surface area contributed by atoms with E-state index in [-0.39, 0.29) is 35.9 Å². The van der Waals surface area contributed by atoms with Crippen molar-refractivity contribution in [2.75, 3.05) is 11.6 Å². The van der Waals surface area contributed by atoms with Crippen LogP contribution in [0.4, 0.5) is 23.2 Å². The highest BCUT2D eigenvalue weighted by atomic mass is 19.2. The summed E-state index contributed by atoms with van der Waals surface area (Å²) in [5.41, 5.74) is 6.16. The maximum absolute atomic E-state index is 14.1. The Bertz CT molecular complexity index is 1380. The average Bonchev–Trinajstić information content (AvgIpc) is 3.47. The van der Waals surface area contributed by atoms with Crippen molar-refractivity contribution < 1.29 is 22.4 Å². The Balaban J connectivity index is 1.55. The fourth-order valence-corrected chi connectivity index (χ4v) is 5.37. The number of hydrazine groups is 1. The van der Waals surface area contributed by atoms with Gasteiger partial charge in [0.05, 0.1) is 35.9 Å². The van der Waals surface area contributed by atoms with Crippen LogP contribution in [0.15, 0.2) is 48.4 Å². The number of aryl methyl sites for hydroxylation is 1. The largest absolute Gasteiger partial charge is 0.327 e. The molecule has 10 heteroatoms. The molecule has 2 aromatic carbocycles. The Labute approximate surface area is 212 Å². The molecule has 0 aliphatic carbocycles. The number of halogens is 4. The molecule has 2 unspecified atom stereocenters. The fraction of sp³-hybridized carbons (Fsp3) is 0.333. The molecule has 194 valence electrons. The Morgan fingerprint density at radius 2 is 1.81 bits per heavy atom. The molecule has 1 N–H and O–H groups in total. The lowest BCUT2D eigenvalue weighted by atomic mass is 9.87. The van der Waals surface area contributed by atoms with Crippen molar-refractivity contribution in [2.24, 2.45) is 7.05 Å². The molecular weight excluding hydrogens is 486 g/mol. The molecular formula is C27H27F4N5O. The molecule has 2 atom stereocenters. The third-order valence-corrected chi connectivity index (χ3v) is 7.07. The van der Waals surface area contributed by atoms with Crippen molar-refractivity contribution in [2.45, 2.75) is 45.2 Å². The number of carbonyl (C=O) groups is 1. The van der Waals surface area contributed by atoms with E-state index in [9.17, 15) is 22.4 Å². The third kappa shape index (κ3) is 4.29. The Morgan fingerprint density at radius 1 is 1.08 bits per heavy atom. The van der Waals surface area contributed by atoms with E-state index < -0.39 is 17.5 Å². The molecule has 6 nitrogen and oxygen atoms in total. The highest BCUT2D eigenvalue weighted by molar-refractivity contribution is 5.96. The minimum absolute atomic E-state index is 0.0900. The van der Waals surface area contributed by atoms with Crippen molar-refractivity contribution in [3.63, 3.8) is 0 Å². The molecule has 5 rings (SSSR count). The first-order valence-electron chi connectivity index (χ1n) is 12.3. The van der Waals surface area contributed by atoms with Crippen LogP contribution in [0.25, 0.3) is 11.3 Å². The molecule has 3 aromatic rings. The Kier molecular flexibility index (Phi) is 6.53. The summed E-state index contributed by atoms with van der Waals surface area (Å²) in [6.07, 6.45) is 2.98. The molecule has 0 bridgehead atoms. The molecule has 37 heavy (non-hydrogen) atoms. The highest BCUT2D eigenvalue weighted by Crippen LogP contribution is 2.41. The van der Waals surface area contributed by atoms with Crippen LogP contribution in [0.1, 0.15) is 54.3 Å². The zero-order valence-corrected chi connectivity index (χ0v) is 20.7. The van der Waals surface area contributed by atoms with Crippen LogP contribution in [-0.4, -0.2) is 33.2 Å². The van der Waals surface area contributed by atoms with Gasteiger partial charge in [0, 0.05) is 29.8 Å².